The summed E-state index contributed by atoms with van der Waals surface area (Å²) in [5, 5.41) is 18.7. The van der Waals surface area contributed by atoms with E-state index in [0.29, 0.717) is 37.3 Å². The first kappa shape index (κ1) is 25.5. The molecule has 0 aromatic heterocycles. The molecule has 0 atom stereocenters. The zero-order chi connectivity index (χ0) is 26.3. The molecule has 2 aromatic carbocycles. The minimum Gasteiger partial charge on any atom is -0.390 e. The number of anilines is 1. The van der Waals surface area contributed by atoms with Crippen LogP contribution in [0.1, 0.15) is 75.5 Å². The highest BCUT2D eigenvalue weighted by molar-refractivity contribution is 5.89. The Labute approximate surface area is 217 Å². The van der Waals surface area contributed by atoms with Gasteiger partial charge in [-0.15, -0.1) is 0 Å². The minimum absolute atomic E-state index is 0.203. The summed E-state index contributed by atoms with van der Waals surface area (Å²) in [7, 11) is 0. The highest BCUT2D eigenvalue weighted by atomic mass is 19.1. The average molecular weight is 509 g/mol. The van der Waals surface area contributed by atoms with Gasteiger partial charge in [0, 0.05) is 30.9 Å². The van der Waals surface area contributed by atoms with Gasteiger partial charge in [-0.25, -0.2) is 14.0 Å². The maximum Gasteiger partial charge on any atom is 0.322 e. The molecule has 37 heavy (non-hydrogen) atoms. The molecular weight excluding hydrogens is 471 g/mol. The first-order valence-electron chi connectivity index (χ1n) is 13.3. The molecule has 4 amide bonds. The highest BCUT2D eigenvalue weighted by Crippen LogP contribution is 2.54. The van der Waals surface area contributed by atoms with Gasteiger partial charge in [0.15, 0.2) is 0 Å². The van der Waals surface area contributed by atoms with Crippen molar-refractivity contribution in [2.45, 2.75) is 88.4 Å². The number of fused-ring (bicyclic) bond motifs is 4. The molecule has 7 nitrogen and oxygen atoms in total. The fourth-order valence-electron chi connectivity index (χ4n) is 6.25. The lowest BCUT2D eigenvalue weighted by molar-refractivity contribution is 0.0699. The van der Waals surface area contributed by atoms with Crippen molar-refractivity contribution in [3.63, 3.8) is 0 Å². The van der Waals surface area contributed by atoms with E-state index in [1.54, 1.807) is 24.8 Å². The third-order valence-electron chi connectivity index (χ3n) is 8.57. The second-order valence-corrected chi connectivity index (χ2v) is 11.8. The predicted molar refractivity (Wildman–Crippen MR) is 141 cm³/mol. The van der Waals surface area contributed by atoms with E-state index in [-0.39, 0.29) is 28.8 Å². The number of hydrogen-bond acceptors (Lipinski definition) is 3. The zero-order valence-corrected chi connectivity index (χ0v) is 21.7. The van der Waals surface area contributed by atoms with Gasteiger partial charge in [-0.2, -0.15) is 0 Å². The summed E-state index contributed by atoms with van der Waals surface area (Å²) in [5.74, 6) is -0.283. The van der Waals surface area contributed by atoms with Crippen LogP contribution in [0.25, 0.3) is 0 Å². The lowest BCUT2D eigenvalue weighted by atomic mass is 9.55. The molecule has 0 saturated heterocycles. The van der Waals surface area contributed by atoms with Crippen LogP contribution in [0.15, 0.2) is 42.5 Å². The van der Waals surface area contributed by atoms with Crippen LogP contribution in [0.2, 0.25) is 0 Å². The second kappa shape index (κ2) is 9.63. The topological polar surface area (TPSA) is 93.7 Å². The first-order valence-corrected chi connectivity index (χ1v) is 13.3. The molecule has 3 fully saturated rings. The van der Waals surface area contributed by atoms with E-state index >= 15 is 4.39 Å². The largest absolute Gasteiger partial charge is 0.390 e. The maximum absolute atomic E-state index is 15.4. The van der Waals surface area contributed by atoms with E-state index in [9.17, 15) is 14.7 Å². The number of halogens is 1. The SMILES string of the molecule is CC(C)(O)CCNC(=O)NC12CCC(c3ccc(NC(=O)N4Cc5ccccc5C4)cc3F)(CC1)CC2. The molecule has 1 aliphatic heterocycles. The number of nitrogens with one attached hydrogen (secondary N) is 3. The van der Waals surface area contributed by atoms with Gasteiger partial charge in [0.2, 0.25) is 0 Å². The molecular formula is C29H37FN4O3. The Kier molecular flexibility index (Phi) is 6.64. The van der Waals surface area contributed by atoms with Gasteiger partial charge < -0.3 is 26.0 Å². The molecule has 0 spiro atoms. The molecule has 4 N–H and O–H groups in total. The quantitative estimate of drug-likeness (QED) is 0.433. The van der Waals surface area contributed by atoms with Crippen molar-refractivity contribution in [1.29, 1.82) is 0 Å². The number of carbonyl (C=O) groups is 2. The van der Waals surface area contributed by atoms with Crippen LogP contribution in [0, 0.1) is 5.82 Å². The third-order valence-corrected chi connectivity index (χ3v) is 8.57. The van der Waals surface area contributed by atoms with Crippen molar-refractivity contribution in [3.05, 3.63) is 65.0 Å². The molecule has 1 heterocycles. The van der Waals surface area contributed by atoms with E-state index in [0.717, 1.165) is 49.7 Å². The molecule has 6 rings (SSSR count). The van der Waals surface area contributed by atoms with Crippen LogP contribution < -0.4 is 16.0 Å². The van der Waals surface area contributed by atoms with Crippen LogP contribution >= 0.6 is 0 Å². The number of rotatable bonds is 6. The fraction of sp³-hybridized carbons (Fsp3) is 0.517. The number of benzene rings is 2. The van der Waals surface area contributed by atoms with Crippen LogP contribution in [0.3, 0.4) is 0 Å². The Balaban J connectivity index is 1.17. The Morgan fingerprint density at radius 2 is 1.62 bits per heavy atom. The van der Waals surface area contributed by atoms with Crippen LogP contribution in [-0.2, 0) is 18.5 Å². The third kappa shape index (κ3) is 5.44. The number of aliphatic hydroxyl groups is 1. The van der Waals surface area contributed by atoms with Gasteiger partial charge in [-0.1, -0.05) is 30.3 Å². The molecule has 4 aliphatic rings. The molecule has 3 saturated carbocycles. The van der Waals surface area contributed by atoms with E-state index in [1.165, 1.54) is 6.07 Å². The molecule has 0 unspecified atom stereocenters. The van der Waals surface area contributed by atoms with Crippen molar-refractivity contribution in [2.24, 2.45) is 0 Å². The molecule has 2 bridgehead atoms. The lowest BCUT2D eigenvalue weighted by Crippen LogP contribution is -2.59. The summed E-state index contributed by atoms with van der Waals surface area (Å²) < 4.78 is 15.4. The maximum atomic E-state index is 15.4. The summed E-state index contributed by atoms with van der Waals surface area (Å²) in [6.45, 7) is 4.96. The number of hydrogen-bond donors (Lipinski definition) is 4. The van der Waals surface area contributed by atoms with Gasteiger partial charge in [0.1, 0.15) is 5.82 Å². The summed E-state index contributed by atoms with van der Waals surface area (Å²) in [6.07, 6.45) is 5.33. The van der Waals surface area contributed by atoms with Crippen LogP contribution in [0.5, 0.6) is 0 Å². The smallest absolute Gasteiger partial charge is 0.322 e. The minimum atomic E-state index is -0.816. The molecule has 8 heteroatoms. The van der Waals surface area contributed by atoms with Crippen molar-refractivity contribution in [3.8, 4) is 0 Å². The van der Waals surface area contributed by atoms with Gasteiger partial charge >= 0.3 is 12.1 Å². The van der Waals surface area contributed by atoms with Crippen molar-refractivity contribution >= 4 is 17.7 Å². The van der Waals surface area contributed by atoms with Gasteiger partial charge in [-0.3, -0.25) is 0 Å². The van der Waals surface area contributed by atoms with E-state index in [4.69, 9.17) is 0 Å². The molecule has 198 valence electrons. The Hall–Kier alpha value is -3.13. The van der Waals surface area contributed by atoms with E-state index < -0.39 is 5.60 Å². The number of carbonyl (C=O) groups excluding carboxylic acids is 2. The average Bonchev–Trinajstić information content (AvgIpc) is 3.29. The molecule has 3 aliphatic carbocycles. The van der Waals surface area contributed by atoms with Crippen LogP contribution in [-0.4, -0.2) is 39.8 Å². The molecule has 0 radical (unpaired) electrons. The van der Waals surface area contributed by atoms with Crippen molar-refractivity contribution in [1.82, 2.24) is 15.5 Å². The summed E-state index contributed by atoms with van der Waals surface area (Å²) >= 11 is 0. The van der Waals surface area contributed by atoms with Crippen molar-refractivity contribution in [2.75, 3.05) is 11.9 Å². The lowest BCUT2D eigenvalue weighted by Gasteiger charge is -2.54. The fourth-order valence-corrected chi connectivity index (χ4v) is 6.25. The highest BCUT2D eigenvalue weighted by Gasteiger charge is 2.50. The number of nitrogens with zero attached hydrogens (tertiary/aromatic N) is 1. The Morgan fingerprint density at radius 3 is 2.19 bits per heavy atom. The van der Waals surface area contributed by atoms with E-state index in [2.05, 4.69) is 16.0 Å². The summed E-state index contributed by atoms with van der Waals surface area (Å²) in [6, 6.07) is 12.6. The Bertz CT molecular complexity index is 1140. The standard InChI is InChI=1S/C29H37FN4O3/c1-27(2,37)15-16-31-25(35)33-29-12-9-28(10-13-29,11-14-29)23-8-7-22(17-24(23)30)32-26(36)34-18-20-5-3-4-6-21(20)19-34/h3-8,17,37H,9-16,18-19H2,1-2H3,(H,32,36)(H2,31,33,35). The number of urea groups is 2. The first-order chi connectivity index (χ1) is 17.6. The summed E-state index contributed by atoms with van der Waals surface area (Å²) in [5.41, 5.74) is 2.16. The summed E-state index contributed by atoms with van der Waals surface area (Å²) in [4.78, 5) is 27.0. The normalized spacial score (nSPS) is 24.5. The van der Waals surface area contributed by atoms with Crippen molar-refractivity contribution < 1.29 is 19.1 Å². The van der Waals surface area contributed by atoms with Gasteiger partial charge in [-0.05, 0) is 93.0 Å². The van der Waals surface area contributed by atoms with Gasteiger partial charge in [0.05, 0.1) is 5.60 Å². The Morgan fingerprint density at radius 1 is 1.00 bits per heavy atom. The monoisotopic (exact) mass is 508 g/mol. The molecule has 2 aromatic rings. The van der Waals surface area contributed by atoms with E-state index in [1.807, 2.05) is 30.3 Å². The second-order valence-electron chi connectivity index (χ2n) is 11.8. The van der Waals surface area contributed by atoms with Crippen LogP contribution in [0.4, 0.5) is 19.7 Å². The number of amides is 4. The zero-order valence-electron chi connectivity index (χ0n) is 21.7. The van der Waals surface area contributed by atoms with Gasteiger partial charge in [0.25, 0.3) is 0 Å². The predicted octanol–water partition coefficient (Wildman–Crippen LogP) is 5.18.